The first-order chi connectivity index (χ1) is 9.81. The minimum Gasteiger partial charge on any atom is -0.389 e. The van der Waals surface area contributed by atoms with E-state index in [4.69, 9.17) is 5.73 Å². The Morgan fingerprint density at radius 1 is 0.857 bits per heavy atom. The van der Waals surface area contributed by atoms with E-state index in [1.807, 2.05) is 0 Å². The van der Waals surface area contributed by atoms with Crippen LogP contribution in [0.1, 0.15) is 27.7 Å². The number of aliphatic hydroxyl groups is 2. The summed E-state index contributed by atoms with van der Waals surface area (Å²) in [6.07, 6.45) is -1.07. The third kappa shape index (κ3) is 7.06. The average molecular weight is 301 g/mol. The summed E-state index contributed by atoms with van der Waals surface area (Å²) in [5.74, 6) is 2.20. The molecule has 5 nitrogen and oxygen atoms in total. The highest BCUT2D eigenvalue weighted by Gasteiger charge is 2.29. The van der Waals surface area contributed by atoms with Crippen LogP contribution < -0.4 is 5.73 Å². The standard InChI is InChI=1S/C8H18N2.C8H17NO2/c1-7(2)4-10-5-8(3-9)6-10;1-6(2)3-9-4-7(10)8(11)5-9/h7-8H,3-6,9H2,1-2H3;6-8,10-11H,3-5H2,1-2H3/t;7-,8-/m.0/s1. The molecule has 0 saturated carbocycles. The van der Waals surface area contributed by atoms with Gasteiger partial charge in [0.2, 0.25) is 0 Å². The van der Waals surface area contributed by atoms with Crippen LogP contribution in [0.25, 0.3) is 0 Å². The Morgan fingerprint density at radius 3 is 1.57 bits per heavy atom. The molecule has 0 spiro atoms. The quantitative estimate of drug-likeness (QED) is 0.677. The molecule has 0 aromatic rings. The molecule has 0 amide bonds. The molecule has 5 heteroatoms. The first-order valence-electron chi connectivity index (χ1n) is 8.32. The third-order valence-electron chi connectivity index (χ3n) is 3.95. The summed E-state index contributed by atoms with van der Waals surface area (Å²) in [7, 11) is 0. The van der Waals surface area contributed by atoms with Gasteiger partial charge in [-0.3, -0.25) is 4.90 Å². The van der Waals surface area contributed by atoms with Crippen molar-refractivity contribution in [2.75, 3.05) is 45.8 Å². The molecule has 2 fully saturated rings. The maximum Gasteiger partial charge on any atom is 0.0938 e. The van der Waals surface area contributed by atoms with Gasteiger partial charge in [-0.05, 0) is 24.3 Å². The highest BCUT2D eigenvalue weighted by molar-refractivity contribution is 4.83. The van der Waals surface area contributed by atoms with Crippen molar-refractivity contribution in [1.82, 2.24) is 9.80 Å². The molecule has 2 aliphatic rings. The van der Waals surface area contributed by atoms with Crippen molar-refractivity contribution in [2.45, 2.75) is 39.9 Å². The molecule has 2 saturated heterocycles. The van der Waals surface area contributed by atoms with E-state index < -0.39 is 12.2 Å². The number of hydrogen-bond donors (Lipinski definition) is 3. The van der Waals surface area contributed by atoms with E-state index in [1.165, 1.54) is 19.6 Å². The second-order valence-corrected chi connectivity index (χ2v) is 7.46. The molecule has 21 heavy (non-hydrogen) atoms. The topological polar surface area (TPSA) is 73.0 Å². The van der Waals surface area contributed by atoms with Crippen LogP contribution in [-0.4, -0.2) is 78.0 Å². The summed E-state index contributed by atoms with van der Waals surface area (Å²) >= 11 is 0. The van der Waals surface area contributed by atoms with Crippen LogP contribution in [0.4, 0.5) is 0 Å². The summed E-state index contributed by atoms with van der Waals surface area (Å²) in [5, 5.41) is 18.4. The minimum absolute atomic E-state index is 0.534. The molecule has 0 aromatic heterocycles. The number of likely N-dealkylation sites (tertiary alicyclic amines) is 2. The summed E-state index contributed by atoms with van der Waals surface area (Å²) < 4.78 is 0. The Kier molecular flexibility index (Phi) is 8.13. The first-order valence-corrected chi connectivity index (χ1v) is 8.32. The van der Waals surface area contributed by atoms with Crippen molar-refractivity contribution in [1.29, 1.82) is 0 Å². The fraction of sp³-hybridized carbons (Fsp3) is 1.00. The van der Waals surface area contributed by atoms with E-state index in [1.54, 1.807) is 0 Å². The molecule has 2 heterocycles. The number of hydrogen-bond acceptors (Lipinski definition) is 5. The third-order valence-corrected chi connectivity index (χ3v) is 3.95. The first kappa shape index (κ1) is 18.8. The lowest BCUT2D eigenvalue weighted by molar-refractivity contribution is 0.0572. The van der Waals surface area contributed by atoms with Crippen LogP contribution in [0.15, 0.2) is 0 Å². The summed E-state index contributed by atoms with van der Waals surface area (Å²) in [6, 6.07) is 0. The van der Waals surface area contributed by atoms with Crippen molar-refractivity contribution >= 4 is 0 Å². The molecule has 0 aliphatic carbocycles. The summed E-state index contributed by atoms with van der Waals surface area (Å²) in [6.45, 7) is 15.6. The Morgan fingerprint density at radius 2 is 1.24 bits per heavy atom. The largest absolute Gasteiger partial charge is 0.389 e. The maximum atomic E-state index is 9.19. The lowest BCUT2D eigenvalue weighted by Gasteiger charge is -2.39. The molecule has 2 aliphatic heterocycles. The van der Waals surface area contributed by atoms with Gasteiger partial charge in [0.25, 0.3) is 0 Å². The van der Waals surface area contributed by atoms with E-state index in [0.29, 0.717) is 19.0 Å². The zero-order chi connectivity index (χ0) is 16.0. The normalized spacial score (nSPS) is 27.9. The van der Waals surface area contributed by atoms with E-state index in [0.717, 1.165) is 24.9 Å². The second-order valence-electron chi connectivity index (χ2n) is 7.46. The number of nitrogens with zero attached hydrogens (tertiary/aromatic N) is 2. The lowest BCUT2D eigenvalue weighted by Crippen LogP contribution is -2.50. The maximum absolute atomic E-state index is 9.19. The Bertz CT molecular complexity index is 268. The summed E-state index contributed by atoms with van der Waals surface area (Å²) in [5.41, 5.74) is 5.50. The fourth-order valence-corrected chi connectivity index (χ4v) is 3.00. The van der Waals surface area contributed by atoms with Gasteiger partial charge in [0.1, 0.15) is 0 Å². The SMILES string of the molecule is CC(C)CN1CC(CN)C1.CC(C)CN1C[C@H](O)[C@@H](O)C1. The molecule has 2 rings (SSSR count). The molecule has 0 aromatic carbocycles. The van der Waals surface area contributed by atoms with Gasteiger partial charge in [0.15, 0.2) is 0 Å². The van der Waals surface area contributed by atoms with E-state index in [9.17, 15) is 10.2 Å². The van der Waals surface area contributed by atoms with Gasteiger partial charge in [-0.15, -0.1) is 0 Å². The van der Waals surface area contributed by atoms with Gasteiger partial charge in [-0.25, -0.2) is 0 Å². The highest BCUT2D eigenvalue weighted by Crippen LogP contribution is 2.15. The Labute approximate surface area is 130 Å². The van der Waals surface area contributed by atoms with Crippen LogP contribution in [0.2, 0.25) is 0 Å². The van der Waals surface area contributed by atoms with Gasteiger partial charge in [-0.1, -0.05) is 27.7 Å². The zero-order valence-electron chi connectivity index (χ0n) is 14.2. The molecule has 0 bridgehead atoms. The fourth-order valence-electron chi connectivity index (χ4n) is 3.00. The monoisotopic (exact) mass is 301 g/mol. The summed E-state index contributed by atoms with van der Waals surface area (Å²) in [4.78, 5) is 4.57. The van der Waals surface area contributed by atoms with Crippen molar-refractivity contribution in [3.63, 3.8) is 0 Å². The second kappa shape index (κ2) is 9.06. The molecule has 4 N–H and O–H groups in total. The van der Waals surface area contributed by atoms with Crippen molar-refractivity contribution in [3.8, 4) is 0 Å². The van der Waals surface area contributed by atoms with Crippen LogP contribution in [0.3, 0.4) is 0 Å². The molecular formula is C16H35N3O2. The van der Waals surface area contributed by atoms with E-state index >= 15 is 0 Å². The molecule has 126 valence electrons. The van der Waals surface area contributed by atoms with Crippen LogP contribution >= 0.6 is 0 Å². The molecule has 0 radical (unpaired) electrons. The van der Waals surface area contributed by atoms with Gasteiger partial charge in [0.05, 0.1) is 12.2 Å². The molecular weight excluding hydrogens is 266 g/mol. The number of rotatable bonds is 5. The van der Waals surface area contributed by atoms with Crippen LogP contribution in [0, 0.1) is 17.8 Å². The number of β-amino-alcohol motifs (C(OH)–C–C–N with tert-alkyl or cyclic N) is 2. The Balaban J connectivity index is 0.000000211. The smallest absolute Gasteiger partial charge is 0.0938 e. The lowest BCUT2D eigenvalue weighted by atomic mass is 9.99. The predicted octanol–water partition coefficient (Wildman–Crippen LogP) is 0.213. The predicted molar refractivity (Wildman–Crippen MR) is 87.1 cm³/mol. The van der Waals surface area contributed by atoms with Crippen LogP contribution in [-0.2, 0) is 0 Å². The molecule has 2 atom stereocenters. The Hall–Kier alpha value is -0.200. The minimum atomic E-state index is -0.534. The van der Waals surface area contributed by atoms with Gasteiger partial charge in [0, 0.05) is 39.3 Å². The van der Waals surface area contributed by atoms with E-state index in [2.05, 4.69) is 37.5 Å². The van der Waals surface area contributed by atoms with Crippen LogP contribution in [0.5, 0.6) is 0 Å². The highest BCUT2D eigenvalue weighted by atomic mass is 16.3. The van der Waals surface area contributed by atoms with Gasteiger partial charge < -0.3 is 20.8 Å². The van der Waals surface area contributed by atoms with Crippen molar-refractivity contribution < 1.29 is 10.2 Å². The zero-order valence-corrected chi connectivity index (χ0v) is 14.2. The van der Waals surface area contributed by atoms with Crippen molar-refractivity contribution in [2.24, 2.45) is 23.5 Å². The number of nitrogens with two attached hydrogens (primary N) is 1. The molecule has 0 unspecified atom stereocenters. The average Bonchev–Trinajstić information content (AvgIpc) is 2.62. The van der Waals surface area contributed by atoms with Gasteiger partial charge in [-0.2, -0.15) is 0 Å². The van der Waals surface area contributed by atoms with Crippen molar-refractivity contribution in [3.05, 3.63) is 0 Å². The number of aliphatic hydroxyl groups excluding tert-OH is 2. The van der Waals surface area contributed by atoms with E-state index in [-0.39, 0.29) is 0 Å². The van der Waals surface area contributed by atoms with Gasteiger partial charge >= 0.3 is 0 Å².